The van der Waals surface area contributed by atoms with E-state index in [-0.39, 0.29) is 18.6 Å². The molecule has 6 nitrogen and oxygen atoms in total. The Kier molecular flexibility index (Phi) is 5.93. The molecule has 2 aliphatic rings. The molecular weight excluding hydrogens is 320 g/mol. The summed E-state index contributed by atoms with van der Waals surface area (Å²) in [5, 5.41) is 2.86. The monoisotopic (exact) mass is 344 g/mol. The minimum absolute atomic E-state index is 0.139. The van der Waals surface area contributed by atoms with Crippen LogP contribution in [0, 0.1) is 0 Å². The van der Waals surface area contributed by atoms with Gasteiger partial charge in [-0.15, -0.1) is 0 Å². The average Bonchev–Trinajstić information content (AvgIpc) is 2.99. The van der Waals surface area contributed by atoms with Gasteiger partial charge in [0.05, 0.1) is 0 Å². The van der Waals surface area contributed by atoms with E-state index >= 15 is 0 Å². The number of fused-ring (bicyclic) bond motifs is 1. The van der Waals surface area contributed by atoms with Gasteiger partial charge >= 0.3 is 0 Å². The second-order valence-electron chi connectivity index (χ2n) is 6.28. The van der Waals surface area contributed by atoms with E-state index in [4.69, 9.17) is 9.47 Å². The number of hydrogen-bond acceptors (Lipinski definition) is 4. The summed E-state index contributed by atoms with van der Waals surface area (Å²) in [4.78, 5) is 25.7. The Morgan fingerprint density at radius 3 is 3.00 bits per heavy atom. The Morgan fingerprint density at radius 2 is 2.08 bits per heavy atom. The number of carbonyl (C=O) groups is 2. The molecule has 0 spiro atoms. The van der Waals surface area contributed by atoms with Crippen LogP contribution in [0.1, 0.15) is 37.7 Å². The van der Waals surface area contributed by atoms with Gasteiger partial charge in [-0.05, 0) is 43.0 Å². The first-order chi connectivity index (χ1) is 12.2. The first-order valence-corrected chi connectivity index (χ1v) is 8.86. The summed E-state index contributed by atoms with van der Waals surface area (Å²) in [5.74, 6) is 1.53. The lowest BCUT2D eigenvalue weighted by atomic mass is 10.2. The molecule has 0 aliphatic carbocycles. The molecule has 1 saturated heterocycles. The van der Waals surface area contributed by atoms with Crippen molar-refractivity contribution in [2.45, 2.75) is 32.1 Å². The van der Waals surface area contributed by atoms with E-state index < -0.39 is 0 Å². The predicted molar refractivity (Wildman–Crippen MR) is 94.3 cm³/mol. The van der Waals surface area contributed by atoms with Crippen molar-refractivity contribution in [1.82, 2.24) is 10.2 Å². The number of carbonyl (C=O) groups excluding carboxylic acids is 2. The zero-order valence-corrected chi connectivity index (χ0v) is 14.3. The van der Waals surface area contributed by atoms with E-state index in [0.717, 1.165) is 43.5 Å². The molecule has 0 bridgehead atoms. The Morgan fingerprint density at radius 1 is 1.20 bits per heavy atom. The number of likely N-dealkylation sites (tertiary alicyclic amines) is 1. The number of hydrogen-bond donors (Lipinski definition) is 1. The summed E-state index contributed by atoms with van der Waals surface area (Å²) >= 11 is 0. The molecule has 1 aromatic rings. The third kappa shape index (κ3) is 4.98. The van der Waals surface area contributed by atoms with Crippen LogP contribution in [0.4, 0.5) is 0 Å². The van der Waals surface area contributed by atoms with Crippen LogP contribution in [0.25, 0.3) is 6.08 Å². The van der Waals surface area contributed by atoms with Gasteiger partial charge in [0, 0.05) is 32.1 Å². The third-order valence-electron chi connectivity index (χ3n) is 4.40. The first-order valence-electron chi connectivity index (χ1n) is 8.86. The van der Waals surface area contributed by atoms with E-state index in [1.807, 2.05) is 23.1 Å². The van der Waals surface area contributed by atoms with Crippen LogP contribution >= 0.6 is 0 Å². The number of benzene rings is 1. The van der Waals surface area contributed by atoms with Crippen LogP contribution in [-0.4, -0.2) is 43.1 Å². The quantitative estimate of drug-likeness (QED) is 0.635. The third-order valence-corrected chi connectivity index (χ3v) is 4.40. The minimum Gasteiger partial charge on any atom is -0.454 e. The fourth-order valence-electron chi connectivity index (χ4n) is 3.00. The van der Waals surface area contributed by atoms with Crippen molar-refractivity contribution in [3.8, 4) is 11.5 Å². The van der Waals surface area contributed by atoms with Crippen molar-refractivity contribution in [2.75, 3.05) is 26.4 Å². The summed E-state index contributed by atoms with van der Waals surface area (Å²) < 4.78 is 10.6. The molecule has 25 heavy (non-hydrogen) atoms. The summed E-state index contributed by atoms with van der Waals surface area (Å²) in [6, 6.07) is 5.55. The molecule has 2 amide bonds. The van der Waals surface area contributed by atoms with Crippen molar-refractivity contribution in [2.24, 2.45) is 0 Å². The van der Waals surface area contributed by atoms with E-state index in [0.29, 0.717) is 25.3 Å². The van der Waals surface area contributed by atoms with Gasteiger partial charge in [-0.2, -0.15) is 0 Å². The predicted octanol–water partition coefficient (Wildman–Crippen LogP) is 2.34. The summed E-state index contributed by atoms with van der Waals surface area (Å²) in [6.45, 7) is 2.36. The second kappa shape index (κ2) is 8.55. The van der Waals surface area contributed by atoms with Gasteiger partial charge < -0.3 is 19.7 Å². The van der Waals surface area contributed by atoms with Crippen molar-refractivity contribution in [3.63, 3.8) is 0 Å². The summed E-state index contributed by atoms with van der Waals surface area (Å²) in [7, 11) is 0. The SMILES string of the molecule is O=C(/C=C/c1ccc2c(c1)OCO2)NCCCN1CCCCCC1=O. The zero-order chi connectivity index (χ0) is 17.5. The normalized spacial score (nSPS) is 17.0. The highest BCUT2D eigenvalue weighted by molar-refractivity contribution is 5.91. The maximum atomic E-state index is 11.9. The summed E-state index contributed by atoms with van der Waals surface area (Å²) in [6.07, 6.45) is 7.89. The molecule has 2 aliphatic heterocycles. The van der Waals surface area contributed by atoms with Crippen LogP contribution < -0.4 is 14.8 Å². The van der Waals surface area contributed by atoms with Gasteiger partial charge in [0.1, 0.15) is 0 Å². The molecule has 2 heterocycles. The molecule has 3 rings (SSSR count). The molecular formula is C19H24N2O4. The Bertz CT molecular complexity index is 657. The van der Waals surface area contributed by atoms with Crippen LogP contribution in [0.2, 0.25) is 0 Å². The highest BCUT2D eigenvalue weighted by Gasteiger charge is 2.15. The summed E-state index contributed by atoms with van der Waals surface area (Å²) in [5.41, 5.74) is 0.884. The standard InChI is InChI=1S/C19H24N2O4/c22-18(9-7-15-6-8-16-17(13-15)25-14-24-16)20-10-4-12-21-11-3-1-2-5-19(21)23/h6-9,13H,1-5,10-12,14H2,(H,20,22)/b9-7+. The molecule has 0 saturated carbocycles. The van der Waals surface area contributed by atoms with E-state index in [1.54, 1.807) is 6.08 Å². The molecule has 1 aromatic carbocycles. The zero-order valence-electron chi connectivity index (χ0n) is 14.3. The molecule has 0 aromatic heterocycles. The lowest BCUT2D eigenvalue weighted by Gasteiger charge is -2.20. The molecule has 0 radical (unpaired) electrons. The highest BCUT2D eigenvalue weighted by Crippen LogP contribution is 2.32. The number of nitrogens with zero attached hydrogens (tertiary/aromatic N) is 1. The van der Waals surface area contributed by atoms with Crippen LogP contribution in [0.3, 0.4) is 0 Å². The van der Waals surface area contributed by atoms with Gasteiger partial charge in [0.15, 0.2) is 11.5 Å². The largest absolute Gasteiger partial charge is 0.454 e. The van der Waals surface area contributed by atoms with Gasteiger partial charge in [-0.1, -0.05) is 12.5 Å². The molecule has 1 N–H and O–H groups in total. The fourth-order valence-corrected chi connectivity index (χ4v) is 3.00. The maximum Gasteiger partial charge on any atom is 0.244 e. The first kappa shape index (κ1) is 17.3. The van der Waals surface area contributed by atoms with Gasteiger partial charge in [0.2, 0.25) is 18.6 Å². The second-order valence-corrected chi connectivity index (χ2v) is 6.28. The van der Waals surface area contributed by atoms with E-state index in [1.165, 1.54) is 6.08 Å². The number of ether oxygens (including phenoxy) is 2. The van der Waals surface area contributed by atoms with Gasteiger partial charge in [-0.25, -0.2) is 0 Å². The van der Waals surface area contributed by atoms with Crippen LogP contribution in [0.5, 0.6) is 11.5 Å². The minimum atomic E-state index is -0.139. The Balaban J connectivity index is 1.38. The molecule has 134 valence electrons. The fraction of sp³-hybridized carbons (Fsp3) is 0.474. The molecule has 0 unspecified atom stereocenters. The van der Waals surface area contributed by atoms with E-state index in [9.17, 15) is 9.59 Å². The van der Waals surface area contributed by atoms with Gasteiger partial charge in [0.25, 0.3) is 0 Å². The lowest BCUT2D eigenvalue weighted by Crippen LogP contribution is -2.33. The topological polar surface area (TPSA) is 67.9 Å². The van der Waals surface area contributed by atoms with Crippen molar-refractivity contribution in [1.29, 1.82) is 0 Å². The number of rotatable bonds is 6. The molecule has 1 fully saturated rings. The van der Waals surface area contributed by atoms with Crippen molar-refractivity contribution >= 4 is 17.9 Å². The maximum absolute atomic E-state index is 11.9. The van der Waals surface area contributed by atoms with Crippen molar-refractivity contribution in [3.05, 3.63) is 29.8 Å². The molecule has 0 atom stereocenters. The number of nitrogens with one attached hydrogen (secondary N) is 1. The van der Waals surface area contributed by atoms with Gasteiger partial charge in [-0.3, -0.25) is 9.59 Å². The Labute approximate surface area is 147 Å². The van der Waals surface area contributed by atoms with Crippen molar-refractivity contribution < 1.29 is 19.1 Å². The Hall–Kier alpha value is -2.50. The smallest absolute Gasteiger partial charge is 0.244 e. The average molecular weight is 344 g/mol. The number of amides is 2. The molecule has 6 heteroatoms. The van der Waals surface area contributed by atoms with Crippen LogP contribution in [-0.2, 0) is 9.59 Å². The highest BCUT2D eigenvalue weighted by atomic mass is 16.7. The lowest BCUT2D eigenvalue weighted by molar-refractivity contribution is -0.130. The van der Waals surface area contributed by atoms with E-state index in [2.05, 4.69) is 5.32 Å². The van der Waals surface area contributed by atoms with Crippen LogP contribution in [0.15, 0.2) is 24.3 Å².